The summed E-state index contributed by atoms with van der Waals surface area (Å²) in [5.41, 5.74) is 0. The summed E-state index contributed by atoms with van der Waals surface area (Å²) in [5, 5.41) is 80.8. The maximum Gasteiger partial charge on any atom is 0.187 e. The first-order valence-electron chi connectivity index (χ1n) is 10.7. The molecule has 0 saturated carbocycles. The van der Waals surface area contributed by atoms with Crippen LogP contribution in [0.25, 0.3) is 0 Å². The summed E-state index contributed by atoms with van der Waals surface area (Å²) in [6.45, 7) is 2.33. The smallest absolute Gasteiger partial charge is 0.187 e. The lowest BCUT2D eigenvalue weighted by Crippen LogP contribution is -2.66. The lowest BCUT2D eigenvalue weighted by Gasteiger charge is -2.48. The number of aliphatic hydroxyl groups is 8. The van der Waals surface area contributed by atoms with Crippen molar-refractivity contribution in [1.29, 1.82) is 0 Å². The highest BCUT2D eigenvalue weighted by Crippen LogP contribution is 2.33. The summed E-state index contributed by atoms with van der Waals surface area (Å²) in [4.78, 5) is 0. The molecule has 0 aromatic carbocycles. The molecule has 14 heteroatoms. The molecule has 0 radical (unpaired) electrons. The number of rotatable bonds is 6. The van der Waals surface area contributed by atoms with Crippen LogP contribution in [-0.4, -0.2) is 147 Å². The van der Waals surface area contributed by atoms with E-state index in [2.05, 4.69) is 0 Å². The Morgan fingerprint density at radius 3 is 1.67 bits per heavy atom. The molecule has 8 N–H and O–H groups in total. The van der Waals surface area contributed by atoms with Crippen molar-refractivity contribution in [2.24, 2.45) is 0 Å². The second-order valence-corrected chi connectivity index (χ2v) is 8.52. The van der Waals surface area contributed by atoms with Crippen LogP contribution in [0.1, 0.15) is 13.8 Å². The summed E-state index contributed by atoms with van der Waals surface area (Å²) in [7, 11) is 1.28. The number of hydrogen-bond donors (Lipinski definition) is 8. The van der Waals surface area contributed by atoms with Crippen LogP contribution in [0, 0.1) is 0 Å². The fraction of sp³-hybridized carbons (Fsp3) is 1.00. The largest absolute Gasteiger partial charge is 0.394 e. The second-order valence-electron chi connectivity index (χ2n) is 8.52. The van der Waals surface area contributed by atoms with Gasteiger partial charge in [0.15, 0.2) is 18.9 Å². The molecule has 0 aromatic heterocycles. The number of ether oxygens (including phenoxy) is 6. The SMILES string of the molecule is CO[C@@H]1O[C@@H](C)[C@H](O[C@H]2O[C@H](CO)[C@@H](O)[C@H](O)[C@@H]2O)[C@@H](O[C@@H]2O[C@@H](C)[C@H](O)[C@@H](O)[C@H]2O)[C@H]1O. The average Bonchev–Trinajstić information content (AvgIpc) is 2.79. The predicted molar refractivity (Wildman–Crippen MR) is 103 cm³/mol. The molecule has 0 aliphatic carbocycles. The first-order chi connectivity index (χ1) is 15.5. The summed E-state index contributed by atoms with van der Waals surface area (Å²) in [6, 6.07) is 0. The van der Waals surface area contributed by atoms with Crippen LogP contribution in [0.15, 0.2) is 0 Å². The Bertz CT molecular complexity index is 623. The van der Waals surface area contributed by atoms with E-state index >= 15 is 0 Å². The van der Waals surface area contributed by atoms with Crippen molar-refractivity contribution in [3.63, 3.8) is 0 Å². The molecule has 0 amide bonds. The van der Waals surface area contributed by atoms with Crippen molar-refractivity contribution < 1.29 is 69.3 Å². The molecule has 33 heavy (non-hydrogen) atoms. The van der Waals surface area contributed by atoms with Crippen LogP contribution in [-0.2, 0) is 28.4 Å². The third-order valence-corrected chi connectivity index (χ3v) is 6.22. The molecular formula is C19H34O14. The molecule has 14 nitrogen and oxygen atoms in total. The van der Waals surface area contributed by atoms with Gasteiger partial charge in [-0.25, -0.2) is 0 Å². The molecule has 3 aliphatic heterocycles. The van der Waals surface area contributed by atoms with Crippen molar-refractivity contribution in [2.75, 3.05) is 13.7 Å². The zero-order valence-corrected chi connectivity index (χ0v) is 18.4. The Morgan fingerprint density at radius 1 is 0.576 bits per heavy atom. The van der Waals surface area contributed by atoms with Crippen molar-refractivity contribution >= 4 is 0 Å². The molecule has 3 aliphatic rings. The highest BCUT2D eigenvalue weighted by molar-refractivity contribution is 4.95. The number of methoxy groups -OCH3 is 1. The normalized spacial score (nSPS) is 53.7. The van der Waals surface area contributed by atoms with Crippen LogP contribution in [0.4, 0.5) is 0 Å². The van der Waals surface area contributed by atoms with E-state index in [1.807, 2.05) is 0 Å². The van der Waals surface area contributed by atoms with E-state index in [9.17, 15) is 40.9 Å². The van der Waals surface area contributed by atoms with Gasteiger partial charge < -0.3 is 69.3 Å². The zero-order valence-electron chi connectivity index (χ0n) is 18.4. The molecule has 3 heterocycles. The maximum absolute atomic E-state index is 10.8. The predicted octanol–water partition coefficient (Wildman–Crippen LogP) is -4.86. The average molecular weight is 486 g/mol. The Balaban J connectivity index is 1.82. The Morgan fingerprint density at radius 2 is 1.09 bits per heavy atom. The van der Waals surface area contributed by atoms with Gasteiger partial charge in [0.1, 0.15) is 61.0 Å². The van der Waals surface area contributed by atoms with Crippen LogP contribution in [0.5, 0.6) is 0 Å². The van der Waals surface area contributed by atoms with E-state index in [0.717, 1.165) is 0 Å². The molecule has 0 unspecified atom stereocenters. The molecule has 0 bridgehead atoms. The maximum atomic E-state index is 10.8. The third-order valence-electron chi connectivity index (χ3n) is 6.22. The molecule has 0 aromatic rings. The summed E-state index contributed by atoms with van der Waals surface area (Å²) >= 11 is 0. The fourth-order valence-electron chi connectivity index (χ4n) is 4.14. The third kappa shape index (κ3) is 5.34. The van der Waals surface area contributed by atoms with Crippen molar-refractivity contribution in [2.45, 2.75) is 106 Å². The second kappa shape index (κ2) is 11.0. The van der Waals surface area contributed by atoms with Crippen LogP contribution < -0.4 is 0 Å². The van der Waals surface area contributed by atoms with Gasteiger partial charge in [0.05, 0.1) is 18.8 Å². The van der Waals surface area contributed by atoms with Crippen molar-refractivity contribution in [3.05, 3.63) is 0 Å². The lowest BCUT2D eigenvalue weighted by atomic mass is 9.96. The Labute approximate surface area is 189 Å². The van der Waals surface area contributed by atoms with Crippen LogP contribution in [0.3, 0.4) is 0 Å². The molecule has 3 rings (SSSR count). The standard InChI is InChI=1S/C19H34O14/c1-5-8(21)10(23)12(25)18(29-5)33-16-14(27)17(28-3)30-6(2)15(16)32-19-13(26)11(24)9(22)7(4-20)31-19/h5-27H,4H2,1-3H3/t5-,6-,7+,8-,9+,10+,11-,12+,13-,14+,15-,16-,17+,18-,19+/m0/s1. The van der Waals surface area contributed by atoms with E-state index in [1.54, 1.807) is 6.92 Å². The van der Waals surface area contributed by atoms with Gasteiger partial charge in [-0.1, -0.05) is 0 Å². The first kappa shape index (κ1) is 27.0. The minimum atomic E-state index is -1.72. The van der Waals surface area contributed by atoms with E-state index in [-0.39, 0.29) is 0 Å². The quantitative estimate of drug-likeness (QED) is 0.177. The van der Waals surface area contributed by atoms with Crippen LogP contribution in [0.2, 0.25) is 0 Å². The minimum absolute atomic E-state index is 0.671. The molecule has 3 saturated heterocycles. The summed E-state index contributed by atoms with van der Waals surface area (Å²) in [5.74, 6) is 0. The Kier molecular flexibility index (Phi) is 9.02. The van der Waals surface area contributed by atoms with E-state index in [0.29, 0.717) is 0 Å². The van der Waals surface area contributed by atoms with Gasteiger partial charge in [-0.05, 0) is 13.8 Å². The van der Waals surface area contributed by atoms with Crippen LogP contribution >= 0.6 is 0 Å². The van der Waals surface area contributed by atoms with Gasteiger partial charge in [-0.15, -0.1) is 0 Å². The van der Waals surface area contributed by atoms with Gasteiger partial charge >= 0.3 is 0 Å². The van der Waals surface area contributed by atoms with E-state index in [4.69, 9.17) is 28.4 Å². The highest BCUT2D eigenvalue weighted by atomic mass is 16.8. The zero-order chi connectivity index (χ0) is 24.6. The molecule has 3 fully saturated rings. The van der Waals surface area contributed by atoms with Gasteiger partial charge in [0.25, 0.3) is 0 Å². The minimum Gasteiger partial charge on any atom is -0.394 e. The van der Waals surface area contributed by atoms with Crippen molar-refractivity contribution in [3.8, 4) is 0 Å². The Hall–Kier alpha value is -0.560. The van der Waals surface area contributed by atoms with E-state index < -0.39 is 98.7 Å². The van der Waals surface area contributed by atoms with Gasteiger partial charge in [0, 0.05) is 7.11 Å². The van der Waals surface area contributed by atoms with Gasteiger partial charge in [-0.3, -0.25) is 0 Å². The fourth-order valence-corrected chi connectivity index (χ4v) is 4.14. The van der Waals surface area contributed by atoms with Gasteiger partial charge in [-0.2, -0.15) is 0 Å². The monoisotopic (exact) mass is 486 g/mol. The topological polar surface area (TPSA) is 217 Å². The number of aliphatic hydroxyl groups excluding tert-OH is 8. The summed E-state index contributed by atoms with van der Waals surface area (Å²) < 4.78 is 33.0. The lowest BCUT2D eigenvalue weighted by molar-refractivity contribution is -0.381. The molecule has 194 valence electrons. The summed E-state index contributed by atoms with van der Waals surface area (Å²) in [6.07, 6.45) is -20.9. The molecular weight excluding hydrogens is 452 g/mol. The number of hydrogen-bond acceptors (Lipinski definition) is 14. The highest BCUT2D eigenvalue weighted by Gasteiger charge is 2.53. The molecule has 0 spiro atoms. The first-order valence-corrected chi connectivity index (χ1v) is 10.7. The molecule has 15 atom stereocenters. The van der Waals surface area contributed by atoms with Crippen molar-refractivity contribution in [1.82, 2.24) is 0 Å². The van der Waals surface area contributed by atoms with Gasteiger partial charge in [0.2, 0.25) is 0 Å². The van der Waals surface area contributed by atoms with E-state index in [1.165, 1.54) is 14.0 Å².